The number of nitrogens with two attached hydrogens (primary N) is 1. The van der Waals surface area contributed by atoms with E-state index in [1.807, 2.05) is 13.8 Å². The second-order valence-electron chi connectivity index (χ2n) is 6.36. The van der Waals surface area contributed by atoms with Crippen LogP contribution >= 0.6 is 12.4 Å². The number of halogens is 1. The molecule has 0 saturated carbocycles. The van der Waals surface area contributed by atoms with Gasteiger partial charge in [0.15, 0.2) is 0 Å². The number of hydrogen-bond acceptors (Lipinski definition) is 6. The standard InChI is InChI=1S/C18H23N5O4.ClH/c1-10(2)16(19)18(26)20-9-15(24)22-12-4-6-13(7-5-12)23-17(25)14-8-21-27-11(14)3;/h4-8,10,16H,9,19H2,1-3H3,(H,20,26)(H,22,24)(H,23,25);1H/t16-;/m0./s1. The first-order chi connectivity index (χ1) is 12.8. The summed E-state index contributed by atoms with van der Waals surface area (Å²) in [4.78, 5) is 35.7. The van der Waals surface area contributed by atoms with Gasteiger partial charge in [-0.05, 0) is 37.1 Å². The zero-order valence-corrected chi connectivity index (χ0v) is 16.6. The molecule has 0 spiro atoms. The van der Waals surface area contributed by atoms with Crippen molar-refractivity contribution in [2.75, 3.05) is 17.2 Å². The van der Waals surface area contributed by atoms with Crippen LogP contribution in [-0.4, -0.2) is 35.5 Å². The van der Waals surface area contributed by atoms with E-state index in [1.165, 1.54) is 6.20 Å². The number of hydrogen-bond donors (Lipinski definition) is 4. The van der Waals surface area contributed by atoms with Gasteiger partial charge in [0, 0.05) is 11.4 Å². The number of amides is 3. The molecule has 0 aliphatic carbocycles. The van der Waals surface area contributed by atoms with Gasteiger partial charge in [-0.3, -0.25) is 14.4 Å². The van der Waals surface area contributed by atoms with E-state index in [0.29, 0.717) is 22.7 Å². The Kier molecular flexibility index (Phi) is 8.62. The van der Waals surface area contributed by atoms with Crippen molar-refractivity contribution in [3.63, 3.8) is 0 Å². The lowest BCUT2D eigenvalue weighted by Gasteiger charge is -2.15. The second kappa shape index (κ2) is 10.4. The van der Waals surface area contributed by atoms with E-state index in [2.05, 4.69) is 21.1 Å². The predicted octanol–water partition coefficient (Wildman–Crippen LogP) is 1.70. The Morgan fingerprint density at radius 2 is 1.68 bits per heavy atom. The maximum absolute atomic E-state index is 12.1. The number of aromatic nitrogens is 1. The van der Waals surface area contributed by atoms with Gasteiger partial charge in [-0.25, -0.2) is 0 Å². The molecule has 2 aromatic rings. The van der Waals surface area contributed by atoms with E-state index < -0.39 is 6.04 Å². The quantitative estimate of drug-likeness (QED) is 0.548. The van der Waals surface area contributed by atoms with Crippen LogP contribution in [0, 0.1) is 12.8 Å². The SMILES string of the molecule is Cc1oncc1C(=O)Nc1ccc(NC(=O)CNC(=O)[C@@H](N)C(C)C)cc1.Cl. The number of aryl methyl sites for hydroxylation is 1. The highest BCUT2D eigenvalue weighted by Crippen LogP contribution is 2.15. The topological polar surface area (TPSA) is 139 Å². The van der Waals surface area contributed by atoms with Gasteiger partial charge in [0.25, 0.3) is 5.91 Å². The molecular weight excluding hydrogens is 386 g/mol. The molecular formula is C18H24ClN5O4. The molecule has 0 radical (unpaired) electrons. The molecule has 0 unspecified atom stereocenters. The number of nitrogens with zero attached hydrogens (tertiary/aromatic N) is 1. The molecule has 0 aliphatic rings. The van der Waals surface area contributed by atoms with Crippen LogP contribution in [0.2, 0.25) is 0 Å². The summed E-state index contributed by atoms with van der Waals surface area (Å²) < 4.78 is 4.86. The zero-order chi connectivity index (χ0) is 20.0. The smallest absolute Gasteiger partial charge is 0.260 e. The molecule has 1 heterocycles. The van der Waals surface area contributed by atoms with Gasteiger partial charge in [-0.15, -0.1) is 12.4 Å². The third-order valence-corrected chi connectivity index (χ3v) is 3.87. The molecule has 3 amide bonds. The lowest BCUT2D eigenvalue weighted by molar-refractivity contribution is -0.125. The van der Waals surface area contributed by atoms with Crippen molar-refractivity contribution in [1.29, 1.82) is 0 Å². The number of nitrogens with one attached hydrogen (secondary N) is 3. The molecule has 1 atom stereocenters. The summed E-state index contributed by atoms with van der Waals surface area (Å²) >= 11 is 0. The number of carbonyl (C=O) groups is 3. The average molecular weight is 410 g/mol. The van der Waals surface area contributed by atoms with Crippen molar-refractivity contribution in [1.82, 2.24) is 10.5 Å². The number of rotatable bonds is 7. The summed E-state index contributed by atoms with van der Waals surface area (Å²) in [5, 5.41) is 11.4. The minimum Gasteiger partial charge on any atom is -0.361 e. The summed E-state index contributed by atoms with van der Waals surface area (Å²) in [7, 11) is 0. The maximum atomic E-state index is 12.1. The van der Waals surface area contributed by atoms with Crippen molar-refractivity contribution in [3.8, 4) is 0 Å². The van der Waals surface area contributed by atoms with Crippen LogP contribution in [0.4, 0.5) is 11.4 Å². The van der Waals surface area contributed by atoms with Gasteiger partial charge < -0.3 is 26.2 Å². The summed E-state index contributed by atoms with van der Waals surface area (Å²) in [5.41, 5.74) is 7.14. The molecule has 1 aromatic heterocycles. The van der Waals surface area contributed by atoms with Crippen LogP contribution in [0.5, 0.6) is 0 Å². The van der Waals surface area contributed by atoms with Crippen molar-refractivity contribution < 1.29 is 18.9 Å². The van der Waals surface area contributed by atoms with E-state index in [1.54, 1.807) is 31.2 Å². The maximum Gasteiger partial charge on any atom is 0.260 e. The molecule has 0 fully saturated rings. The van der Waals surface area contributed by atoms with E-state index >= 15 is 0 Å². The van der Waals surface area contributed by atoms with Gasteiger partial charge in [0.05, 0.1) is 18.8 Å². The Morgan fingerprint density at radius 1 is 1.11 bits per heavy atom. The Balaban J connectivity index is 0.00000392. The van der Waals surface area contributed by atoms with Gasteiger partial charge in [0.1, 0.15) is 11.3 Å². The average Bonchev–Trinajstić information content (AvgIpc) is 3.06. The lowest BCUT2D eigenvalue weighted by atomic mass is 10.1. The van der Waals surface area contributed by atoms with E-state index in [9.17, 15) is 14.4 Å². The Morgan fingerprint density at radius 3 is 2.18 bits per heavy atom. The molecule has 152 valence electrons. The van der Waals surface area contributed by atoms with E-state index in [4.69, 9.17) is 10.3 Å². The molecule has 9 nitrogen and oxygen atoms in total. The Bertz CT molecular complexity index is 820. The Hall–Kier alpha value is -2.91. The minimum atomic E-state index is -0.658. The first-order valence-electron chi connectivity index (χ1n) is 8.43. The molecule has 1 aromatic carbocycles. The van der Waals surface area contributed by atoms with Gasteiger partial charge in [0.2, 0.25) is 11.8 Å². The minimum absolute atomic E-state index is 0. The molecule has 10 heteroatoms. The van der Waals surface area contributed by atoms with E-state index in [0.717, 1.165) is 0 Å². The van der Waals surface area contributed by atoms with E-state index in [-0.39, 0.29) is 42.6 Å². The number of carbonyl (C=O) groups excluding carboxylic acids is 3. The second-order valence-corrected chi connectivity index (χ2v) is 6.36. The van der Waals surface area contributed by atoms with Gasteiger partial charge in [-0.2, -0.15) is 0 Å². The lowest BCUT2D eigenvalue weighted by Crippen LogP contribution is -2.46. The molecule has 0 bridgehead atoms. The summed E-state index contributed by atoms with van der Waals surface area (Å²) in [6, 6.07) is 5.90. The normalized spacial score (nSPS) is 11.3. The predicted molar refractivity (Wildman–Crippen MR) is 107 cm³/mol. The highest BCUT2D eigenvalue weighted by Gasteiger charge is 2.17. The van der Waals surface area contributed by atoms with Gasteiger partial charge >= 0.3 is 0 Å². The van der Waals surface area contributed by atoms with Crippen molar-refractivity contribution >= 4 is 41.5 Å². The molecule has 5 N–H and O–H groups in total. The fourth-order valence-corrected chi connectivity index (χ4v) is 2.15. The van der Waals surface area contributed by atoms with Crippen LogP contribution in [0.25, 0.3) is 0 Å². The third-order valence-electron chi connectivity index (χ3n) is 3.87. The highest BCUT2D eigenvalue weighted by atomic mass is 35.5. The van der Waals surface area contributed by atoms with Crippen molar-refractivity contribution in [2.24, 2.45) is 11.7 Å². The highest BCUT2D eigenvalue weighted by molar-refractivity contribution is 6.04. The molecule has 0 saturated heterocycles. The fraction of sp³-hybridized carbons (Fsp3) is 0.333. The van der Waals surface area contributed by atoms with Crippen LogP contribution in [0.1, 0.15) is 30.0 Å². The van der Waals surface area contributed by atoms with Crippen LogP contribution in [0.3, 0.4) is 0 Å². The zero-order valence-electron chi connectivity index (χ0n) is 15.8. The molecule has 28 heavy (non-hydrogen) atoms. The van der Waals surface area contributed by atoms with Crippen LogP contribution in [-0.2, 0) is 9.59 Å². The number of benzene rings is 1. The summed E-state index contributed by atoms with van der Waals surface area (Å²) in [6.45, 7) is 5.13. The molecule has 2 rings (SSSR count). The van der Waals surface area contributed by atoms with Gasteiger partial charge in [-0.1, -0.05) is 19.0 Å². The fourth-order valence-electron chi connectivity index (χ4n) is 2.15. The van der Waals surface area contributed by atoms with Crippen LogP contribution in [0.15, 0.2) is 35.0 Å². The van der Waals surface area contributed by atoms with Crippen molar-refractivity contribution in [2.45, 2.75) is 26.8 Å². The molecule has 0 aliphatic heterocycles. The first-order valence-corrected chi connectivity index (χ1v) is 8.43. The summed E-state index contributed by atoms with van der Waals surface area (Å²) in [6.07, 6.45) is 1.35. The summed E-state index contributed by atoms with van der Waals surface area (Å²) in [5.74, 6) is -0.679. The van der Waals surface area contributed by atoms with Crippen molar-refractivity contribution in [3.05, 3.63) is 41.8 Å². The van der Waals surface area contributed by atoms with Crippen LogP contribution < -0.4 is 21.7 Å². The monoisotopic (exact) mass is 409 g/mol. The first kappa shape index (κ1) is 23.1. The third kappa shape index (κ3) is 6.36. The Labute approximate surface area is 168 Å². The number of anilines is 2. The largest absolute Gasteiger partial charge is 0.361 e.